The Kier molecular flexibility index (Phi) is 4.98. The molecule has 1 unspecified atom stereocenters. The van der Waals surface area contributed by atoms with Gasteiger partial charge in [0, 0.05) is 31.3 Å². The Morgan fingerprint density at radius 2 is 2.05 bits per heavy atom. The number of carbonyl (C=O) groups is 1. The van der Waals surface area contributed by atoms with Gasteiger partial charge in [0.25, 0.3) is 0 Å². The number of hydroxylamine groups is 2. The summed E-state index contributed by atoms with van der Waals surface area (Å²) in [6, 6.07) is 8.99. The van der Waals surface area contributed by atoms with Gasteiger partial charge in [0.05, 0.1) is 18.8 Å². The quantitative estimate of drug-likeness (QED) is 0.796. The molecule has 6 heteroatoms. The van der Waals surface area contributed by atoms with Crippen LogP contribution in [0.5, 0.6) is 0 Å². The van der Waals surface area contributed by atoms with Gasteiger partial charge in [-0.05, 0) is 18.6 Å². The molecule has 1 spiro atoms. The van der Waals surface area contributed by atoms with E-state index in [-0.39, 0.29) is 11.9 Å². The Bertz CT molecular complexity index is 504. The summed E-state index contributed by atoms with van der Waals surface area (Å²) in [6.45, 7) is 2.40. The molecule has 2 heterocycles. The first-order valence-electron chi connectivity index (χ1n) is 7.60. The average Bonchev–Trinajstić information content (AvgIpc) is 3.01. The zero-order valence-electron chi connectivity index (χ0n) is 12.4. The molecule has 0 N–H and O–H groups in total. The number of nitrogens with zero attached hydrogens (tertiary/aromatic N) is 1. The summed E-state index contributed by atoms with van der Waals surface area (Å²) < 4.78 is 11.7. The molecule has 0 saturated carbocycles. The maximum absolute atomic E-state index is 12.1. The molecule has 1 aromatic rings. The van der Waals surface area contributed by atoms with Crippen molar-refractivity contribution in [1.29, 1.82) is 0 Å². The van der Waals surface area contributed by atoms with Gasteiger partial charge in [0.2, 0.25) is 0 Å². The highest BCUT2D eigenvalue weighted by atomic mass is 35.5. The number of hydrogen-bond donors (Lipinski definition) is 0. The van der Waals surface area contributed by atoms with Crippen LogP contribution in [-0.4, -0.2) is 49.0 Å². The molecule has 0 amide bonds. The number of halogens is 1. The largest absolute Gasteiger partial charge is 0.364 e. The van der Waals surface area contributed by atoms with Crippen molar-refractivity contribution in [2.24, 2.45) is 5.92 Å². The standard InChI is InChI=1S/C16H20ClNO4/c17-8-6-14-12-18(9-7-16(14)20-10-11-21-16)22-15(19)13-4-2-1-3-5-13/h1-5,14H,6-12H2. The Hall–Kier alpha value is -1.14. The minimum Gasteiger partial charge on any atom is -0.364 e. The molecule has 0 radical (unpaired) electrons. The summed E-state index contributed by atoms with van der Waals surface area (Å²) in [7, 11) is 0. The van der Waals surface area contributed by atoms with Crippen molar-refractivity contribution in [2.75, 3.05) is 32.2 Å². The Labute approximate surface area is 135 Å². The molecular weight excluding hydrogens is 306 g/mol. The number of benzene rings is 1. The van der Waals surface area contributed by atoms with Crippen molar-refractivity contribution in [2.45, 2.75) is 18.6 Å². The maximum Gasteiger partial charge on any atom is 0.357 e. The lowest BCUT2D eigenvalue weighted by Crippen LogP contribution is -2.53. The van der Waals surface area contributed by atoms with Gasteiger partial charge in [-0.1, -0.05) is 18.2 Å². The molecule has 2 aliphatic rings. The van der Waals surface area contributed by atoms with Crippen LogP contribution < -0.4 is 0 Å². The van der Waals surface area contributed by atoms with Crippen molar-refractivity contribution < 1.29 is 19.1 Å². The first-order chi connectivity index (χ1) is 10.7. The molecule has 2 saturated heterocycles. The Morgan fingerprint density at radius 1 is 1.32 bits per heavy atom. The van der Waals surface area contributed by atoms with Crippen LogP contribution in [0, 0.1) is 5.92 Å². The summed E-state index contributed by atoms with van der Waals surface area (Å²) in [4.78, 5) is 17.6. The summed E-state index contributed by atoms with van der Waals surface area (Å²) in [5.74, 6) is -0.260. The Morgan fingerprint density at radius 3 is 2.73 bits per heavy atom. The van der Waals surface area contributed by atoms with Gasteiger partial charge < -0.3 is 14.3 Å². The first-order valence-corrected chi connectivity index (χ1v) is 8.13. The molecule has 2 aliphatic heterocycles. The molecule has 3 rings (SSSR count). The molecule has 1 atom stereocenters. The van der Waals surface area contributed by atoms with Crippen LogP contribution in [0.3, 0.4) is 0 Å². The van der Waals surface area contributed by atoms with Crippen LogP contribution in [0.2, 0.25) is 0 Å². The summed E-state index contributed by atoms with van der Waals surface area (Å²) >= 11 is 5.91. The van der Waals surface area contributed by atoms with E-state index >= 15 is 0 Å². The Balaban J connectivity index is 1.63. The highest BCUT2D eigenvalue weighted by molar-refractivity contribution is 6.17. The second-order valence-electron chi connectivity index (χ2n) is 5.57. The van der Waals surface area contributed by atoms with Crippen LogP contribution >= 0.6 is 11.6 Å². The number of alkyl halides is 1. The van der Waals surface area contributed by atoms with Gasteiger partial charge in [0.1, 0.15) is 0 Å². The first kappa shape index (κ1) is 15.7. The van der Waals surface area contributed by atoms with Gasteiger partial charge in [-0.3, -0.25) is 0 Å². The lowest BCUT2D eigenvalue weighted by molar-refractivity contribution is -0.256. The number of piperidine rings is 1. The van der Waals surface area contributed by atoms with Crippen LogP contribution in [0.1, 0.15) is 23.2 Å². The van der Waals surface area contributed by atoms with Crippen molar-refractivity contribution in [3.63, 3.8) is 0 Å². The van der Waals surface area contributed by atoms with Gasteiger partial charge in [-0.15, -0.1) is 16.7 Å². The zero-order chi connectivity index (χ0) is 15.4. The predicted molar refractivity (Wildman–Crippen MR) is 81.5 cm³/mol. The van der Waals surface area contributed by atoms with E-state index in [9.17, 15) is 4.79 Å². The van der Waals surface area contributed by atoms with E-state index in [4.69, 9.17) is 25.9 Å². The number of carbonyl (C=O) groups excluding carboxylic acids is 1. The second kappa shape index (κ2) is 6.96. The van der Waals surface area contributed by atoms with E-state index < -0.39 is 5.79 Å². The fourth-order valence-electron chi connectivity index (χ4n) is 3.08. The van der Waals surface area contributed by atoms with E-state index in [1.807, 2.05) is 18.2 Å². The van der Waals surface area contributed by atoms with Gasteiger partial charge in [0.15, 0.2) is 5.79 Å². The zero-order valence-corrected chi connectivity index (χ0v) is 13.1. The van der Waals surface area contributed by atoms with E-state index in [1.54, 1.807) is 17.2 Å². The highest BCUT2D eigenvalue weighted by Gasteiger charge is 2.48. The van der Waals surface area contributed by atoms with Gasteiger partial charge in [-0.2, -0.15) is 0 Å². The van der Waals surface area contributed by atoms with E-state index in [0.717, 1.165) is 6.42 Å². The molecule has 22 heavy (non-hydrogen) atoms. The van der Waals surface area contributed by atoms with Gasteiger partial charge in [-0.25, -0.2) is 4.79 Å². The van der Waals surface area contributed by atoms with E-state index in [0.29, 0.717) is 44.2 Å². The molecule has 1 aromatic carbocycles. The van der Waals surface area contributed by atoms with Crippen LogP contribution in [0.15, 0.2) is 30.3 Å². The monoisotopic (exact) mass is 325 g/mol. The number of hydrogen-bond acceptors (Lipinski definition) is 5. The van der Waals surface area contributed by atoms with Crippen molar-refractivity contribution >= 4 is 17.6 Å². The van der Waals surface area contributed by atoms with E-state index in [1.165, 1.54) is 0 Å². The fraction of sp³-hybridized carbons (Fsp3) is 0.562. The SMILES string of the molecule is O=C(ON1CCC2(OCCO2)C(CCCl)C1)c1ccccc1. The van der Waals surface area contributed by atoms with Crippen LogP contribution in [0.25, 0.3) is 0 Å². The molecule has 2 fully saturated rings. The van der Waals surface area contributed by atoms with Crippen LogP contribution in [0.4, 0.5) is 0 Å². The lowest BCUT2D eigenvalue weighted by atomic mass is 9.89. The van der Waals surface area contributed by atoms with Crippen molar-refractivity contribution in [1.82, 2.24) is 5.06 Å². The van der Waals surface area contributed by atoms with Crippen LogP contribution in [-0.2, 0) is 14.3 Å². The minimum absolute atomic E-state index is 0.102. The van der Waals surface area contributed by atoms with Crippen molar-refractivity contribution in [3.8, 4) is 0 Å². The number of rotatable bonds is 4. The molecule has 0 bridgehead atoms. The summed E-state index contributed by atoms with van der Waals surface area (Å²) in [6.07, 6.45) is 1.44. The smallest absolute Gasteiger partial charge is 0.357 e. The average molecular weight is 326 g/mol. The molecule has 120 valence electrons. The topological polar surface area (TPSA) is 48.0 Å². The third-order valence-corrected chi connectivity index (χ3v) is 4.43. The van der Waals surface area contributed by atoms with Gasteiger partial charge >= 0.3 is 5.97 Å². The molecule has 0 aliphatic carbocycles. The molecule has 5 nitrogen and oxygen atoms in total. The minimum atomic E-state index is -0.551. The third kappa shape index (κ3) is 3.27. The number of ether oxygens (including phenoxy) is 2. The maximum atomic E-state index is 12.1. The summed E-state index contributed by atoms with van der Waals surface area (Å²) in [5, 5.41) is 1.70. The lowest BCUT2D eigenvalue weighted by Gasteiger charge is -2.42. The van der Waals surface area contributed by atoms with Crippen molar-refractivity contribution in [3.05, 3.63) is 35.9 Å². The molecular formula is C16H20ClNO4. The molecule has 0 aromatic heterocycles. The second-order valence-corrected chi connectivity index (χ2v) is 5.94. The fourth-order valence-corrected chi connectivity index (χ4v) is 3.34. The highest BCUT2D eigenvalue weighted by Crippen LogP contribution is 2.38. The third-order valence-electron chi connectivity index (χ3n) is 4.21. The van der Waals surface area contributed by atoms with E-state index in [2.05, 4.69) is 0 Å². The summed E-state index contributed by atoms with van der Waals surface area (Å²) in [5.41, 5.74) is 0.546. The normalized spacial score (nSPS) is 24.5. The predicted octanol–water partition coefficient (Wildman–Crippen LogP) is 2.45.